The van der Waals surface area contributed by atoms with Crippen molar-refractivity contribution in [1.82, 2.24) is 5.32 Å². The van der Waals surface area contributed by atoms with E-state index in [1.807, 2.05) is 12.1 Å². The standard InChI is InChI=1S/C13H18BrNO/c1-9(2)8-15-12-5-6-16-13-4-3-10(14)7-11(12)13/h3-4,7,9,12,15H,5-6,8H2,1-2H3. The minimum Gasteiger partial charge on any atom is -0.493 e. The van der Waals surface area contributed by atoms with Gasteiger partial charge in [0.2, 0.25) is 0 Å². The van der Waals surface area contributed by atoms with Crippen LogP contribution in [0.15, 0.2) is 22.7 Å². The van der Waals surface area contributed by atoms with Crippen LogP contribution in [0.25, 0.3) is 0 Å². The van der Waals surface area contributed by atoms with Crippen molar-refractivity contribution in [2.75, 3.05) is 13.2 Å². The van der Waals surface area contributed by atoms with Crippen molar-refractivity contribution in [2.45, 2.75) is 26.3 Å². The molecule has 1 aromatic carbocycles. The predicted molar refractivity (Wildman–Crippen MR) is 69.8 cm³/mol. The average Bonchev–Trinajstić information content (AvgIpc) is 2.26. The quantitative estimate of drug-likeness (QED) is 0.917. The molecule has 1 unspecified atom stereocenters. The molecule has 1 aliphatic rings. The Labute approximate surface area is 106 Å². The minimum absolute atomic E-state index is 0.434. The predicted octanol–water partition coefficient (Wildman–Crippen LogP) is 3.52. The monoisotopic (exact) mass is 283 g/mol. The van der Waals surface area contributed by atoms with Crippen LogP contribution in [0.5, 0.6) is 5.75 Å². The summed E-state index contributed by atoms with van der Waals surface area (Å²) in [7, 11) is 0. The van der Waals surface area contributed by atoms with Crippen LogP contribution in [-0.2, 0) is 0 Å². The summed E-state index contributed by atoms with van der Waals surface area (Å²) in [5, 5.41) is 3.60. The van der Waals surface area contributed by atoms with E-state index in [1.54, 1.807) is 0 Å². The summed E-state index contributed by atoms with van der Waals surface area (Å²) >= 11 is 3.51. The van der Waals surface area contributed by atoms with Gasteiger partial charge in [0, 0.05) is 22.5 Å². The molecule has 0 bridgehead atoms. The summed E-state index contributed by atoms with van der Waals surface area (Å²) < 4.78 is 6.77. The van der Waals surface area contributed by atoms with Gasteiger partial charge in [0.15, 0.2) is 0 Å². The van der Waals surface area contributed by atoms with Crippen LogP contribution in [0, 0.1) is 5.92 Å². The number of fused-ring (bicyclic) bond motifs is 1. The Bertz CT molecular complexity index is 365. The van der Waals surface area contributed by atoms with Gasteiger partial charge in [0.25, 0.3) is 0 Å². The third-order valence-corrected chi connectivity index (χ3v) is 3.28. The van der Waals surface area contributed by atoms with Crippen LogP contribution in [0.4, 0.5) is 0 Å². The van der Waals surface area contributed by atoms with Gasteiger partial charge in [-0.3, -0.25) is 0 Å². The number of ether oxygens (including phenoxy) is 1. The van der Waals surface area contributed by atoms with Gasteiger partial charge in [0.1, 0.15) is 5.75 Å². The van der Waals surface area contributed by atoms with E-state index in [4.69, 9.17) is 4.74 Å². The van der Waals surface area contributed by atoms with Gasteiger partial charge in [-0.1, -0.05) is 29.8 Å². The zero-order valence-electron chi connectivity index (χ0n) is 9.79. The third-order valence-electron chi connectivity index (χ3n) is 2.78. The van der Waals surface area contributed by atoms with Crippen molar-refractivity contribution >= 4 is 15.9 Å². The maximum atomic E-state index is 5.65. The molecule has 0 fully saturated rings. The maximum absolute atomic E-state index is 5.65. The second kappa shape index (κ2) is 5.19. The molecule has 0 saturated heterocycles. The van der Waals surface area contributed by atoms with Crippen LogP contribution in [-0.4, -0.2) is 13.2 Å². The van der Waals surface area contributed by atoms with E-state index in [0.29, 0.717) is 12.0 Å². The molecule has 1 aromatic rings. The van der Waals surface area contributed by atoms with Gasteiger partial charge in [-0.15, -0.1) is 0 Å². The molecule has 1 heterocycles. The Morgan fingerprint density at radius 1 is 1.50 bits per heavy atom. The first-order valence-corrected chi connectivity index (χ1v) is 6.61. The summed E-state index contributed by atoms with van der Waals surface area (Å²) in [4.78, 5) is 0. The third kappa shape index (κ3) is 2.77. The Morgan fingerprint density at radius 3 is 3.06 bits per heavy atom. The number of rotatable bonds is 3. The number of benzene rings is 1. The van der Waals surface area contributed by atoms with E-state index < -0.39 is 0 Å². The second-order valence-corrected chi connectivity index (χ2v) is 5.59. The number of hydrogen-bond acceptors (Lipinski definition) is 2. The van der Waals surface area contributed by atoms with E-state index in [2.05, 4.69) is 41.2 Å². The van der Waals surface area contributed by atoms with Crippen LogP contribution in [0.1, 0.15) is 31.9 Å². The molecule has 2 rings (SSSR count). The molecule has 0 aromatic heterocycles. The molecule has 0 saturated carbocycles. The summed E-state index contributed by atoms with van der Waals surface area (Å²) in [6, 6.07) is 6.67. The van der Waals surface area contributed by atoms with Crippen LogP contribution in [0.2, 0.25) is 0 Å². The van der Waals surface area contributed by atoms with Crippen LogP contribution >= 0.6 is 15.9 Å². The molecule has 88 valence electrons. The van der Waals surface area contributed by atoms with Gasteiger partial charge in [-0.25, -0.2) is 0 Å². The molecule has 1 N–H and O–H groups in total. The lowest BCUT2D eigenvalue weighted by atomic mass is 10.00. The highest BCUT2D eigenvalue weighted by Crippen LogP contribution is 2.34. The fourth-order valence-corrected chi connectivity index (χ4v) is 2.33. The van der Waals surface area contributed by atoms with Gasteiger partial charge in [0.05, 0.1) is 6.61 Å². The number of nitrogens with one attached hydrogen (secondary N) is 1. The van der Waals surface area contributed by atoms with Crippen molar-refractivity contribution in [3.63, 3.8) is 0 Å². The molecule has 1 aliphatic heterocycles. The zero-order chi connectivity index (χ0) is 11.5. The lowest BCUT2D eigenvalue weighted by molar-refractivity contribution is 0.250. The Kier molecular flexibility index (Phi) is 3.87. The smallest absolute Gasteiger partial charge is 0.124 e. The zero-order valence-corrected chi connectivity index (χ0v) is 11.4. The molecule has 16 heavy (non-hydrogen) atoms. The largest absolute Gasteiger partial charge is 0.493 e. The highest BCUT2D eigenvalue weighted by atomic mass is 79.9. The normalized spacial score (nSPS) is 19.4. The fraction of sp³-hybridized carbons (Fsp3) is 0.538. The topological polar surface area (TPSA) is 21.3 Å². The number of hydrogen-bond donors (Lipinski definition) is 1. The molecule has 0 spiro atoms. The molecular formula is C13H18BrNO. The first-order chi connectivity index (χ1) is 7.66. The van der Waals surface area contributed by atoms with Gasteiger partial charge >= 0.3 is 0 Å². The Morgan fingerprint density at radius 2 is 2.31 bits per heavy atom. The van der Waals surface area contributed by atoms with E-state index in [9.17, 15) is 0 Å². The highest BCUT2D eigenvalue weighted by molar-refractivity contribution is 9.10. The first kappa shape index (κ1) is 11.9. The molecular weight excluding hydrogens is 266 g/mol. The molecule has 2 nitrogen and oxygen atoms in total. The maximum Gasteiger partial charge on any atom is 0.124 e. The summed E-state index contributed by atoms with van der Waals surface area (Å²) in [6.45, 7) is 6.32. The van der Waals surface area contributed by atoms with Gasteiger partial charge in [-0.05, 0) is 30.7 Å². The second-order valence-electron chi connectivity index (χ2n) is 4.67. The molecule has 0 amide bonds. The molecule has 3 heteroatoms. The van der Waals surface area contributed by atoms with E-state index in [-0.39, 0.29) is 0 Å². The fourth-order valence-electron chi connectivity index (χ4n) is 1.96. The van der Waals surface area contributed by atoms with Crippen molar-refractivity contribution in [2.24, 2.45) is 5.92 Å². The summed E-state index contributed by atoms with van der Waals surface area (Å²) in [5.41, 5.74) is 1.28. The highest BCUT2D eigenvalue weighted by Gasteiger charge is 2.21. The van der Waals surface area contributed by atoms with Crippen molar-refractivity contribution < 1.29 is 4.74 Å². The van der Waals surface area contributed by atoms with Crippen molar-refractivity contribution in [3.05, 3.63) is 28.2 Å². The molecule has 0 radical (unpaired) electrons. The SMILES string of the molecule is CC(C)CNC1CCOc2ccc(Br)cc21. The van der Waals surface area contributed by atoms with Gasteiger partial charge < -0.3 is 10.1 Å². The summed E-state index contributed by atoms with van der Waals surface area (Å²) in [6.07, 6.45) is 1.05. The van der Waals surface area contributed by atoms with E-state index in [0.717, 1.165) is 29.8 Å². The van der Waals surface area contributed by atoms with E-state index in [1.165, 1.54) is 5.56 Å². The Hall–Kier alpha value is -0.540. The molecule has 1 atom stereocenters. The minimum atomic E-state index is 0.434. The molecule has 0 aliphatic carbocycles. The first-order valence-electron chi connectivity index (χ1n) is 5.82. The summed E-state index contributed by atoms with van der Waals surface area (Å²) in [5.74, 6) is 1.70. The average molecular weight is 284 g/mol. The van der Waals surface area contributed by atoms with Crippen molar-refractivity contribution in [1.29, 1.82) is 0 Å². The van der Waals surface area contributed by atoms with Gasteiger partial charge in [-0.2, -0.15) is 0 Å². The van der Waals surface area contributed by atoms with Crippen molar-refractivity contribution in [3.8, 4) is 5.75 Å². The Balaban J connectivity index is 2.15. The lowest BCUT2D eigenvalue weighted by Gasteiger charge is -2.27. The number of halogens is 1. The van der Waals surface area contributed by atoms with E-state index >= 15 is 0 Å². The van der Waals surface area contributed by atoms with Crippen LogP contribution < -0.4 is 10.1 Å². The van der Waals surface area contributed by atoms with Crippen LogP contribution in [0.3, 0.4) is 0 Å². The lowest BCUT2D eigenvalue weighted by Crippen LogP contribution is -2.29.